The van der Waals surface area contributed by atoms with Crippen LogP contribution in [0.25, 0.3) is 0 Å². The maximum Gasteiger partial charge on any atom is 0.0947 e. The topological polar surface area (TPSA) is 24.9 Å². The van der Waals surface area contributed by atoms with Crippen molar-refractivity contribution in [1.29, 1.82) is 0 Å². The zero-order valence-electron chi connectivity index (χ0n) is 13.5. The molecule has 0 saturated carbocycles. The van der Waals surface area contributed by atoms with Gasteiger partial charge in [-0.25, -0.2) is 4.98 Å². The molecule has 2 nitrogen and oxygen atoms in total. The molecule has 0 aliphatic heterocycles. The number of nitrogens with one attached hydrogen (secondary N) is 1. The first kappa shape index (κ1) is 16.2. The van der Waals surface area contributed by atoms with Crippen LogP contribution in [0.5, 0.6) is 0 Å². The van der Waals surface area contributed by atoms with Gasteiger partial charge in [-0.15, -0.1) is 11.3 Å². The molecule has 3 heteroatoms. The van der Waals surface area contributed by atoms with Crippen molar-refractivity contribution in [3.8, 4) is 0 Å². The van der Waals surface area contributed by atoms with Gasteiger partial charge < -0.3 is 5.32 Å². The number of rotatable bonds is 7. The summed E-state index contributed by atoms with van der Waals surface area (Å²) in [5.74, 6) is 0.694. The standard InChI is InChI=1S/C18H26N2S/c1-5-19-17(11-18-20-14(4)12-21-18)16-8-6-7-15(10-16)9-13(2)3/h6-8,10,12-13,17,19H,5,9,11H2,1-4H3. The van der Waals surface area contributed by atoms with Crippen molar-refractivity contribution in [3.05, 3.63) is 51.5 Å². The highest BCUT2D eigenvalue weighted by Gasteiger charge is 2.14. The molecule has 0 saturated heterocycles. The van der Waals surface area contributed by atoms with E-state index in [0.717, 1.165) is 25.1 Å². The van der Waals surface area contributed by atoms with E-state index in [1.54, 1.807) is 11.3 Å². The van der Waals surface area contributed by atoms with E-state index in [1.165, 1.54) is 16.1 Å². The molecule has 21 heavy (non-hydrogen) atoms. The van der Waals surface area contributed by atoms with Crippen LogP contribution in [0.1, 0.15) is 48.6 Å². The van der Waals surface area contributed by atoms with E-state index in [-0.39, 0.29) is 0 Å². The number of aromatic nitrogens is 1. The smallest absolute Gasteiger partial charge is 0.0947 e. The van der Waals surface area contributed by atoms with Gasteiger partial charge in [0.25, 0.3) is 0 Å². The summed E-state index contributed by atoms with van der Waals surface area (Å²) in [6, 6.07) is 9.36. The molecule has 0 bridgehead atoms. The van der Waals surface area contributed by atoms with Crippen molar-refractivity contribution < 1.29 is 0 Å². The summed E-state index contributed by atoms with van der Waals surface area (Å²) in [4.78, 5) is 4.61. The number of hydrogen-bond acceptors (Lipinski definition) is 3. The first-order valence-corrected chi connectivity index (χ1v) is 8.69. The lowest BCUT2D eigenvalue weighted by Gasteiger charge is -2.18. The van der Waals surface area contributed by atoms with Crippen molar-refractivity contribution in [2.24, 2.45) is 5.92 Å². The number of hydrogen-bond donors (Lipinski definition) is 1. The van der Waals surface area contributed by atoms with E-state index in [1.807, 2.05) is 0 Å². The van der Waals surface area contributed by atoms with Gasteiger partial charge >= 0.3 is 0 Å². The number of likely N-dealkylation sites (N-methyl/N-ethyl adjacent to an activating group) is 1. The first-order chi connectivity index (χ1) is 10.1. The molecule has 0 amide bonds. The number of benzene rings is 1. The van der Waals surface area contributed by atoms with Crippen LogP contribution in [0.2, 0.25) is 0 Å². The largest absolute Gasteiger partial charge is 0.310 e. The Morgan fingerprint density at radius 3 is 2.67 bits per heavy atom. The summed E-state index contributed by atoms with van der Waals surface area (Å²) >= 11 is 1.76. The molecule has 1 unspecified atom stereocenters. The maximum absolute atomic E-state index is 4.61. The molecule has 0 aliphatic rings. The molecule has 2 aromatic rings. The van der Waals surface area contributed by atoms with Gasteiger partial charge in [0.05, 0.1) is 5.01 Å². The second-order valence-corrected chi connectivity index (χ2v) is 6.98. The average molecular weight is 302 g/mol. The van der Waals surface area contributed by atoms with Crippen LogP contribution in [-0.2, 0) is 12.8 Å². The third kappa shape index (κ3) is 4.94. The Morgan fingerprint density at radius 1 is 1.24 bits per heavy atom. The van der Waals surface area contributed by atoms with E-state index < -0.39 is 0 Å². The van der Waals surface area contributed by atoms with Gasteiger partial charge in [0.2, 0.25) is 0 Å². The van der Waals surface area contributed by atoms with E-state index in [2.05, 4.69) is 67.6 Å². The fourth-order valence-electron chi connectivity index (χ4n) is 2.63. The highest BCUT2D eigenvalue weighted by molar-refractivity contribution is 7.09. The maximum atomic E-state index is 4.61. The molecule has 1 atom stereocenters. The zero-order valence-corrected chi connectivity index (χ0v) is 14.3. The summed E-state index contributed by atoms with van der Waals surface area (Å²) in [6.45, 7) is 9.74. The molecule has 1 N–H and O–H groups in total. The van der Waals surface area contributed by atoms with Crippen molar-refractivity contribution in [1.82, 2.24) is 10.3 Å². The highest BCUT2D eigenvalue weighted by atomic mass is 32.1. The van der Waals surface area contributed by atoms with Crippen molar-refractivity contribution in [2.75, 3.05) is 6.54 Å². The molecule has 1 aromatic heterocycles. The van der Waals surface area contributed by atoms with Gasteiger partial charge in [0, 0.05) is 23.5 Å². The third-order valence-electron chi connectivity index (χ3n) is 3.49. The molecule has 0 spiro atoms. The van der Waals surface area contributed by atoms with Crippen LogP contribution in [0, 0.1) is 12.8 Å². The van der Waals surface area contributed by atoms with E-state index in [0.29, 0.717) is 12.0 Å². The second-order valence-electron chi connectivity index (χ2n) is 6.04. The van der Waals surface area contributed by atoms with Crippen molar-refractivity contribution in [3.63, 3.8) is 0 Å². The zero-order chi connectivity index (χ0) is 15.2. The molecule has 1 aromatic carbocycles. The molecule has 1 heterocycles. The van der Waals surface area contributed by atoms with Crippen molar-refractivity contribution in [2.45, 2.75) is 46.6 Å². The predicted octanol–water partition coefficient (Wildman–Crippen LogP) is 4.54. The Bertz CT molecular complexity index is 560. The van der Waals surface area contributed by atoms with Crippen LogP contribution >= 0.6 is 11.3 Å². The van der Waals surface area contributed by atoms with E-state index in [4.69, 9.17) is 0 Å². The van der Waals surface area contributed by atoms with Crippen LogP contribution in [0.3, 0.4) is 0 Å². The van der Waals surface area contributed by atoms with Gasteiger partial charge in [-0.05, 0) is 36.9 Å². The summed E-state index contributed by atoms with van der Waals surface area (Å²) in [6.07, 6.45) is 2.11. The SMILES string of the molecule is CCNC(Cc1nc(C)cs1)c1cccc(CC(C)C)c1. The molecule has 2 rings (SSSR count). The lowest BCUT2D eigenvalue weighted by molar-refractivity contribution is 0.547. The Kier molecular flexibility index (Phi) is 5.95. The predicted molar refractivity (Wildman–Crippen MR) is 92.0 cm³/mol. The highest BCUT2D eigenvalue weighted by Crippen LogP contribution is 2.22. The van der Waals surface area contributed by atoms with Crippen LogP contribution in [-0.4, -0.2) is 11.5 Å². The van der Waals surface area contributed by atoms with E-state index >= 15 is 0 Å². The number of aryl methyl sites for hydroxylation is 1. The minimum Gasteiger partial charge on any atom is -0.310 e. The minimum absolute atomic E-state index is 0.354. The third-order valence-corrected chi connectivity index (χ3v) is 4.48. The number of nitrogens with zero attached hydrogens (tertiary/aromatic N) is 1. The summed E-state index contributed by atoms with van der Waals surface area (Å²) in [7, 11) is 0. The summed E-state index contributed by atoms with van der Waals surface area (Å²) in [5.41, 5.74) is 3.93. The lowest BCUT2D eigenvalue weighted by Crippen LogP contribution is -2.23. The summed E-state index contributed by atoms with van der Waals surface area (Å²) < 4.78 is 0. The average Bonchev–Trinajstić information content (AvgIpc) is 2.83. The van der Waals surface area contributed by atoms with Crippen LogP contribution in [0.15, 0.2) is 29.6 Å². The van der Waals surface area contributed by atoms with Gasteiger partial charge in [-0.3, -0.25) is 0 Å². The fraction of sp³-hybridized carbons (Fsp3) is 0.500. The van der Waals surface area contributed by atoms with Gasteiger partial charge in [0.1, 0.15) is 0 Å². The second kappa shape index (κ2) is 7.71. The Morgan fingerprint density at radius 2 is 2.05 bits per heavy atom. The summed E-state index contributed by atoms with van der Waals surface area (Å²) in [5, 5.41) is 6.95. The van der Waals surface area contributed by atoms with Gasteiger partial charge in [-0.1, -0.05) is 45.0 Å². The van der Waals surface area contributed by atoms with Gasteiger partial charge in [-0.2, -0.15) is 0 Å². The first-order valence-electron chi connectivity index (χ1n) is 7.81. The fourth-order valence-corrected chi connectivity index (χ4v) is 3.45. The molecule has 0 radical (unpaired) electrons. The Hall–Kier alpha value is -1.19. The lowest BCUT2D eigenvalue weighted by atomic mass is 9.97. The monoisotopic (exact) mass is 302 g/mol. The van der Waals surface area contributed by atoms with Crippen LogP contribution < -0.4 is 5.32 Å². The Labute approximate surface area is 132 Å². The molecular formula is C18H26N2S. The quantitative estimate of drug-likeness (QED) is 0.812. The molecule has 114 valence electrons. The molecule has 0 aliphatic carbocycles. The van der Waals surface area contributed by atoms with E-state index in [9.17, 15) is 0 Å². The normalized spacial score (nSPS) is 12.8. The molecule has 0 fully saturated rings. The molecular weight excluding hydrogens is 276 g/mol. The Balaban J connectivity index is 2.17. The minimum atomic E-state index is 0.354. The van der Waals surface area contributed by atoms with Crippen molar-refractivity contribution >= 4 is 11.3 Å². The number of thiazole rings is 1. The van der Waals surface area contributed by atoms with Crippen LogP contribution in [0.4, 0.5) is 0 Å². The van der Waals surface area contributed by atoms with Gasteiger partial charge in [0.15, 0.2) is 0 Å².